The van der Waals surface area contributed by atoms with Gasteiger partial charge in [-0.15, -0.1) is 0 Å². The molecule has 0 saturated heterocycles. The van der Waals surface area contributed by atoms with Gasteiger partial charge in [-0.3, -0.25) is 4.79 Å². The smallest absolute Gasteiger partial charge is 0.303 e. The summed E-state index contributed by atoms with van der Waals surface area (Å²) in [5, 5.41) is 13.7. The summed E-state index contributed by atoms with van der Waals surface area (Å²) in [7, 11) is 1.74. The third kappa shape index (κ3) is 3.82. The number of aliphatic hydroxyl groups is 1. The van der Waals surface area contributed by atoms with Gasteiger partial charge in [-0.1, -0.05) is 12.1 Å². The normalized spacial score (nSPS) is 16.5. The number of nitrogens with one attached hydrogen (secondary N) is 1. The zero-order chi connectivity index (χ0) is 26.1. The second kappa shape index (κ2) is 7.91. The van der Waals surface area contributed by atoms with Crippen molar-refractivity contribution in [2.45, 2.75) is 64.6 Å². The molecule has 0 radical (unpaired) electrons. The molecule has 0 bridgehead atoms. The molecule has 1 atom stereocenters. The third-order valence-electron chi connectivity index (χ3n) is 6.93. The Bertz CT molecular complexity index is 1350. The van der Waals surface area contributed by atoms with Crippen LogP contribution in [0.5, 0.6) is 0 Å². The van der Waals surface area contributed by atoms with Gasteiger partial charge in [0, 0.05) is 23.6 Å². The van der Waals surface area contributed by atoms with Crippen molar-refractivity contribution in [1.29, 1.82) is 0 Å². The largest absolute Gasteiger partial charge is 0.384 e. The lowest BCUT2D eigenvalue weighted by Crippen LogP contribution is -2.41. The topological polar surface area (TPSA) is 78.4 Å². The van der Waals surface area contributed by atoms with Gasteiger partial charge >= 0.3 is 5.92 Å². The van der Waals surface area contributed by atoms with Gasteiger partial charge in [0.15, 0.2) is 0 Å². The van der Waals surface area contributed by atoms with Crippen molar-refractivity contribution in [3.05, 3.63) is 64.2 Å². The Morgan fingerprint density at radius 3 is 2.46 bits per heavy atom. The van der Waals surface area contributed by atoms with Crippen LogP contribution >= 0.6 is 0 Å². The number of nitrogens with zero attached hydrogens (tertiary/aromatic N) is 3. The summed E-state index contributed by atoms with van der Waals surface area (Å²) in [6.07, 6.45) is 0. The van der Waals surface area contributed by atoms with Crippen molar-refractivity contribution in [3.8, 4) is 0 Å². The summed E-state index contributed by atoms with van der Waals surface area (Å²) in [5.74, 6) is -4.15. The third-order valence-corrected chi connectivity index (χ3v) is 6.93. The first kappa shape index (κ1) is 24.9. The van der Waals surface area contributed by atoms with E-state index in [2.05, 4.69) is 15.3 Å². The molecule has 9 heteroatoms. The minimum atomic E-state index is -3.80. The number of fused-ring (bicyclic) bond motifs is 2. The summed E-state index contributed by atoms with van der Waals surface area (Å²) in [6.45, 7) is 9.11. The van der Waals surface area contributed by atoms with Gasteiger partial charge in [-0.05, 0) is 65.3 Å². The van der Waals surface area contributed by atoms with E-state index < -0.39 is 34.5 Å². The molecule has 35 heavy (non-hydrogen) atoms. The van der Waals surface area contributed by atoms with Crippen LogP contribution in [0.4, 0.5) is 19.0 Å². The van der Waals surface area contributed by atoms with E-state index in [0.717, 1.165) is 25.5 Å². The maximum atomic E-state index is 15.3. The van der Waals surface area contributed by atoms with Crippen LogP contribution in [0, 0.1) is 12.7 Å². The molecule has 0 aliphatic carbocycles. The molecule has 2 aromatic carbocycles. The summed E-state index contributed by atoms with van der Waals surface area (Å²) in [4.78, 5) is 23.4. The van der Waals surface area contributed by atoms with Crippen LogP contribution in [0.25, 0.3) is 10.9 Å². The molecule has 6 nitrogen and oxygen atoms in total. The monoisotopic (exact) mass is 486 g/mol. The summed E-state index contributed by atoms with van der Waals surface area (Å²) in [6, 6.07) is 6.58. The average molecular weight is 487 g/mol. The molecule has 186 valence electrons. The number of alkyl halides is 2. The van der Waals surface area contributed by atoms with Crippen molar-refractivity contribution < 1.29 is 23.1 Å². The van der Waals surface area contributed by atoms with Crippen LogP contribution in [0.1, 0.15) is 73.5 Å². The summed E-state index contributed by atoms with van der Waals surface area (Å²) < 4.78 is 44.8. The highest BCUT2D eigenvalue weighted by Gasteiger charge is 2.49. The quantitative estimate of drug-likeness (QED) is 0.503. The Kier molecular flexibility index (Phi) is 5.63. The van der Waals surface area contributed by atoms with Gasteiger partial charge in [0.05, 0.1) is 22.7 Å². The highest BCUT2D eigenvalue weighted by atomic mass is 19.3. The fraction of sp³-hybridized carbons (Fsp3) is 0.423. The lowest BCUT2D eigenvalue weighted by molar-refractivity contribution is -0.170. The molecule has 1 aliphatic heterocycles. The van der Waals surface area contributed by atoms with E-state index in [1.165, 1.54) is 12.1 Å². The second-order valence-corrected chi connectivity index (χ2v) is 10.2. The second-order valence-electron chi connectivity index (χ2n) is 10.2. The zero-order valence-corrected chi connectivity index (χ0v) is 20.8. The lowest BCUT2D eigenvalue weighted by atomic mass is 9.90. The highest BCUT2D eigenvalue weighted by molar-refractivity contribution is 6.04. The molecule has 0 unspecified atom stereocenters. The number of rotatable bonds is 5. The molecule has 2 N–H and O–H groups in total. The fourth-order valence-corrected chi connectivity index (χ4v) is 4.44. The van der Waals surface area contributed by atoms with Crippen LogP contribution in [0.3, 0.4) is 0 Å². The molecule has 0 spiro atoms. The van der Waals surface area contributed by atoms with Crippen molar-refractivity contribution in [2.75, 3.05) is 12.4 Å². The van der Waals surface area contributed by atoms with Crippen molar-refractivity contribution in [3.63, 3.8) is 0 Å². The number of hydrogen-bond donors (Lipinski definition) is 2. The molecule has 0 saturated carbocycles. The number of carbonyl (C=O) groups is 1. The van der Waals surface area contributed by atoms with Crippen LogP contribution < -0.4 is 5.32 Å². The Labute approximate surface area is 202 Å². The number of aryl methyl sites for hydroxylation is 1. The number of aromatic nitrogens is 2. The zero-order valence-electron chi connectivity index (χ0n) is 20.8. The van der Waals surface area contributed by atoms with E-state index in [4.69, 9.17) is 0 Å². The number of anilines is 1. The number of halogens is 3. The predicted molar refractivity (Wildman–Crippen MR) is 128 cm³/mol. The molecule has 2 heterocycles. The number of hydrogen-bond acceptors (Lipinski definition) is 5. The molecule has 0 fully saturated rings. The van der Waals surface area contributed by atoms with E-state index in [1.807, 2.05) is 19.9 Å². The number of benzene rings is 2. The van der Waals surface area contributed by atoms with E-state index in [9.17, 15) is 18.7 Å². The number of carbonyl (C=O) groups excluding carboxylic acids is 1. The van der Waals surface area contributed by atoms with Gasteiger partial charge < -0.3 is 15.3 Å². The van der Waals surface area contributed by atoms with Gasteiger partial charge in [-0.25, -0.2) is 14.4 Å². The van der Waals surface area contributed by atoms with E-state index in [1.54, 1.807) is 31.9 Å². The SMILES string of the molecule is Cc1nc(N[C@H](C)c2cccc(C(F)(F)C(C)(C)O)c2F)c2cc3c(cc2n1)C(=O)N(C)C3(C)C. The first-order chi connectivity index (χ1) is 16.1. The fourth-order valence-electron chi connectivity index (χ4n) is 4.44. The van der Waals surface area contributed by atoms with Crippen molar-refractivity contribution >= 4 is 22.6 Å². The Hall–Kier alpha value is -3.20. The minimum Gasteiger partial charge on any atom is -0.384 e. The van der Waals surface area contributed by atoms with Crippen LogP contribution in [0.2, 0.25) is 0 Å². The molecule has 3 aromatic rings. The first-order valence-corrected chi connectivity index (χ1v) is 11.3. The van der Waals surface area contributed by atoms with Crippen molar-refractivity contribution in [1.82, 2.24) is 14.9 Å². The van der Waals surface area contributed by atoms with Gasteiger partial charge in [0.25, 0.3) is 5.91 Å². The lowest BCUT2D eigenvalue weighted by Gasteiger charge is -2.30. The maximum absolute atomic E-state index is 15.3. The summed E-state index contributed by atoms with van der Waals surface area (Å²) in [5.41, 5.74) is -1.92. The molecule has 1 aliphatic rings. The van der Waals surface area contributed by atoms with Crippen LogP contribution in [-0.4, -0.2) is 38.5 Å². The van der Waals surface area contributed by atoms with Crippen molar-refractivity contribution in [2.24, 2.45) is 0 Å². The number of amides is 1. The molecule has 4 rings (SSSR count). The Balaban J connectivity index is 1.80. The molecular formula is C26H29F3N4O2. The Morgan fingerprint density at radius 1 is 1.17 bits per heavy atom. The molecular weight excluding hydrogens is 457 g/mol. The van der Waals surface area contributed by atoms with Gasteiger partial charge in [0.1, 0.15) is 23.1 Å². The van der Waals surface area contributed by atoms with E-state index in [0.29, 0.717) is 28.1 Å². The standard InChI is InChI=1S/C26H29F3N4O2/c1-13(15-9-8-10-18(21(15)27)26(28,29)25(5,6)35)30-22-17-11-19-16(12-20(17)31-14(2)32-22)23(34)33(7)24(19,3)4/h8-13,35H,1-7H3,(H,30,31,32)/t13-/m1/s1. The predicted octanol–water partition coefficient (Wildman–Crippen LogP) is 5.43. The van der Waals surface area contributed by atoms with Gasteiger partial charge in [-0.2, -0.15) is 8.78 Å². The van der Waals surface area contributed by atoms with Gasteiger partial charge in [0.2, 0.25) is 0 Å². The maximum Gasteiger partial charge on any atom is 0.303 e. The Morgan fingerprint density at radius 2 is 1.83 bits per heavy atom. The van der Waals surface area contributed by atoms with E-state index >= 15 is 4.39 Å². The summed E-state index contributed by atoms with van der Waals surface area (Å²) >= 11 is 0. The van der Waals surface area contributed by atoms with E-state index in [-0.39, 0.29) is 11.5 Å². The van der Waals surface area contributed by atoms with Crippen LogP contribution in [0.15, 0.2) is 30.3 Å². The molecule has 1 aromatic heterocycles. The first-order valence-electron chi connectivity index (χ1n) is 11.3. The molecule has 1 amide bonds. The highest BCUT2D eigenvalue weighted by Crippen LogP contribution is 2.42. The average Bonchev–Trinajstić information content (AvgIpc) is 2.91. The van der Waals surface area contributed by atoms with Crippen LogP contribution in [-0.2, 0) is 11.5 Å². The minimum absolute atomic E-state index is 0.00670.